The van der Waals surface area contributed by atoms with Crippen molar-refractivity contribution >= 4 is 17.5 Å². The Labute approximate surface area is 124 Å². The first kappa shape index (κ1) is 16.8. The van der Waals surface area contributed by atoms with Crippen molar-refractivity contribution in [3.05, 3.63) is 29.6 Å². The molecule has 1 aromatic rings. The molecule has 0 aliphatic carbocycles. The summed E-state index contributed by atoms with van der Waals surface area (Å²) in [6.07, 6.45) is 0.619. The first-order chi connectivity index (χ1) is 9.31. The van der Waals surface area contributed by atoms with Crippen molar-refractivity contribution in [2.24, 2.45) is 5.41 Å². The van der Waals surface area contributed by atoms with Gasteiger partial charge in [-0.25, -0.2) is 4.39 Å². The molecule has 1 atom stereocenters. The summed E-state index contributed by atoms with van der Waals surface area (Å²) in [5, 5.41) is 2.85. The second kappa shape index (κ2) is 6.93. The van der Waals surface area contributed by atoms with Gasteiger partial charge in [-0.2, -0.15) is 0 Å². The van der Waals surface area contributed by atoms with Crippen LogP contribution >= 0.6 is 11.6 Å². The number of alkyl halides is 1. The van der Waals surface area contributed by atoms with E-state index in [9.17, 15) is 9.18 Å². The Bertz CT molecular complexity index is 471. The predicted octanol–water partition coefficient (Wildman–Crippen LogP) is 3.61. The number of amides is 1. The van der Waals surface area contributed by atoms with Gasteiger partial charge in [0.1, 0.15) is 17.1 Å². The fraction of sp³-hybridized carbons (Fsp3) is 0.533. The number of halogens is 2. The molecule has 112 valence electrons. The Balaban J connectivity index is 3.01. The molecule has 0 radical (unpaired) electrons. The molecular weight excluding hydrogens is 281 g/mol. The molecule has 1 N–H and O–H groups in total. The second-order valence-electron chi connectivity index (χ2n) is 5.69. The topological polar surface area (TPSA) is 38.3 Å². The van der Waals surface area contributed by atoms with E-state index in [4.69, 9.17) is 16.3 Å². The van der Waals surface area contributed by atoms with E-state index in [2.05, 4.69) is 5.32 Å². The molecule has 1 unspecified atom stereocenters. The number of hydrogen-bond donors (Lipinski definition) is 1. The highest BCUT2D eigenvalue weighted by Crippen LogP contribution is 2.25. The van der Waals surface area contributed by atoms with E-state index in [1.165, 1.54) is 19.2 Å². The van der Waals surface area contributed by atoms with Crippen molar-refractivity contribution in [2.75, 3.05) is 13.0 Å². The monoisotopic (exact) mass is 301 g/mol. The molecule has 0 fully saturated rings. The van der Waals surface area contributed by atoms with E-state index in [0.717, 1.165) is 0 Å². The van der Waals surface area contributed by atoms with E-state index in [1.54, 1.807) is 6.07 Å². The first-order valence-electron chi connectivity index (χ1n) is 6.50. The Hall–Kier alpha value is -1.29. The fourth-order valence-electron chi connectivity index (χ4n) is 1.96. The van der Waals surface area contributed by atoms with Gasteiger partial charge >= 0.3 is 0 Å². The smallest absolute Gasteiger partial charge is 0.258 e. The highest BCUT2D eigenvalue weighted by atomic mass is 35.5. The zero-order valence-corrected chi connectivity index (χ0v) is 13.1. The van der Waals surface area contributed by atoms with Crippen LogP contribution in [0.5, 0.6) is 5.75 Å². The van der Waals surface area contributed by atoms with Gasteiger partial charge in [0.15, 0.2) is 0 Å². The molecule has 0 aliphatic heterocycles. The molecule has 1 aromatic carbocycles. The summed E-state index contributed by atoms with van der Waals surface area (Å²) in [5.74, 6) is -0.428. The minimum absolute atomic E-state index is 0.0705. The van der Waals surface area contributed by atoms with Crippen LogP contribution in [-0.4, -0.2) is 24.9 Å². The Morgan fingerprint density at radius 1 is 1.45 bits per heavy atom. The molecule has 0 heterocycles. The van der Waals surface area contributed by atoms with Gasteiger partial charge in [0, 0.05) is 11.9 Å². The molecule has 0 aromatic heterocycles. The summed E-state index contributed by atoms with van der Waals surface area (Å²) in [7, 11) is 1.41. The first-order valence-corrected chi connectivity index (χ1v) is 7.04. The summed E-state index contributed by atoms with van der Waals surface area (Å²) >= 11 is 5.77. The lowest BCUT2D eigenvalue weighted by molar-refractivity contribution is 0.0893. The lowest BCUT2D eigenvalue weighted by atomic mass is 9.85. The lowest BCUT2D eigenvalue weighted by Gasteiger charge is -2.31. The van der Waals surface area contributed by atoms with Gasteiger partial charge in [-0.15, -0.1) is 11.6 Å². The molecule has 1 amide bonds. The van der Waals surface area contributed by atoms with Gasteiger partial charge in [0.2, 0.25) is 0 Å². The second-order valence-corrected chi connectivity index (χ2v) is 6.06. The molecule has 20 heavy (non-hydrogen) atoms. The molecule has 0 saturated carbocycles. The summed E-state index contributed by atoms with van der Waals surface area (Å²) in [4.78, 5) is 12.3. The summed E-state index contributed by atoms with van der Waals surface area (Å²) < 4.78 is 18.9. The third kappa shape index (κ3) is 4.10. The van der Waals surface area contributed by atoms with E-state index in [-0.39, 0.29) is 22.8 Å². The third-order valence-electron chi connectivity index (χ3n) is 3.17. The predicted molar refractivity (Wildman–Crippen MR) is 79.0 cm³/mol. The average Bonchev–Trinajstić information content (AvgIpc) is 2.36. The Morgan fingerprint density at radius 2 is 2.10 bits per heavy atom. The molecule has 0 bridgehead atoms. The van der Waals surface area contributed by atoms with Gasteiger partial charge in [-0.05, 0) is 24.0 Å². The molecular formula is C15H21ClFNO2. The highest BCUT2D eigenvalue weighted by molar-refractivity contribution is 6.17. The van der Waals surface area contributed by atoms with Crippen LogP contribution in [0, 0.1) is 11.2 Å². The van der Waals surface area contributed by atoms with Crippen LogP contribution in [0.1, 0.15) is 37.6 Å². The van der Waals surface area contributed by atoms with Crippen molar-refractivity contribution in [1.82, 2.24) is 5.32 Å². The molecule has 0 aliphatic rings. The van der Waals surface area contributed by atoms with Gasteiger partial charge in [-0.1, -0.05) is 26.8 Å². The molecule has 5 heteroatoms. The number of benzene rings is 1. The summed E-state index contributed by atoms with van der Waals surface area (Å²) in [6.45, 7) is 6.01. The van der Waals surface area contributed by atoms with E-state index in [0.29, 0.717) is 12.3 Å². The van der Waals surface area contributed by atoms with Gasteiger partial charge in [-0.3, -0.25) is 4.79 Å². The summed E-state index contributed by atoms with van der Waals surface area (Å²) in [5.41, 5.74) is -0.234. The van der Waals surface area contributed by atoms with Crippen molar-refractivity contribution in [3.8, 4) is 5.75 Å². The van der Waals surface area contributed by atoms with Crippen LogP contribution in [0.3, 0.4) is 0 Å². The van der Waals surface area contributed by atoms with Crippen LogP contribution in [0.25, 0.3) is 0 Å². The van der Waals surface area contributed by atoms with Crippen molar-refractivity contribution in [2.45, 2.75) is 33.2 Å². The van der Waals surface area contributed by atoms with Crippen molar-refractivity contribution in [3.63, 3.8) is 0 Å². The molecule has 3 nitrogen and oxygen atoms in total. The van der Waals surface area contributed by atoms with Crippen LogP contribution in [0.4, 0.5) is 4.39 Å². The van der Waals surface area contributed by atoms with Crippen molar-refractivity contribution in [1.29, 1.82) is 0 Å². The van der Waals surface area contributed by atoms with Crippen LogP contribution in [-0.2, 0) is 0 Å². The number of methoxy groups -OCH3 is 1. The highest BCUT2D eigenvalue weighted by Gasteiger charge is 2.28. The van der Waals surface area contributed by atoms with Crippen molar-refractivity contribution < 1.29 is 13.9 Å². The SMILES string of the molecule is COc1cccc(F)c1C(=O)NC(CCCl)C(C)(C)C. The standard InChI is InChI=1S/C15H21ClFNO2/c1-15(2,3)12(8-9-16)18-14(19)13-10(17)6-5-7-11(13)20-4/h5-7,12H,8-9H2,1-4H3,(H,18,19). The molecule has 0 saturated heterocycles. The summed E-state index contributed by atoms with van der Waals surface area (Å²) in [6, 6.07) is 4.17. The van der Waals surface area contributed by atoms with Gasteiger partial charge in [0.05, 0.1) is 7.11 Å². The number of ether oxygens (including phenoxy) is 1. The number of hydrogen-bond acceptors (Lipinski definition) is 2. The van der Waals surface area contributed by atoms with Crippen LogP contribution in [0.15, 0.2) is 18.2 Å². The zero-order chi connectivity index (χ0) is 15.3. The van der Waals surface area contributed by atoms with E-state index >= 15 is 0 Å². The average molecular weight is 302 g/mol. The maximum Gasteiger partial charge on any atom is 0.258 e. The molecule has 0 spiro atoms. The normalized spacial score (nSPS) is 12.9. The number of nitrogens with one attached hydrogen (secondary N) is 1. The Kier molecular flexibility index (Phi) is 5.81. The fourth-order valence-corrected chi connectivity index (χ4v) is 2.17. The largest absolute Gasteiger partial charge is 0.496 e. The van der Waals surface area contributed by atoms with Gasteiger partial charge < -0.3 is 10.1 Å². The van der Waals surface area contributed by atoms with E-state index in [1.807, 2.05) is 20.8 Å². The van der Waals surface area contributed by atoms with Crippen LogP contribution in [0.2, 0.25) is 0 Å². The van der Waals surface area contributed by atoms with Crippen LogP contribution < -0.4 is 10.1 Å². The minimum atomic E-state index is -0.597. The van der Waals surface area contributed by atoms with E-state index < -0.39 is 11.7 Å². The molecule has 1 rings (SSSR count). The van der Waals surface area contributed by atoms with Gasteiger partial charge in [0.25, 0.3) is 5.91 Å². The Morgan fingerprint density at radius 3 is 2.60 bits per heavy atom. The maximum atomic E-state index is 13.9. The maximum absolute atomic E-state index is 13.9. The number of rotatable bonds is 5. The minimum Gasteiger partial charge on any atom is -0.496 e. The number of carbonyl (C=O) groups excluding carboxylic acids is 1. The lowest BCUT2D eigenvalue weighted by Crippen LogP contribution is -2.44. The number of carbonyl (C=O) groups is 1. The quantitative estimate of drug-likeness (QED) is 0.844. The third-order valence-corrected chi connectivity index (χ3v) is 3.39. The zero-order valence-electron chi connectivity index (χ0n) is 12.3.